The molecule has 0 unspecified atom stereocenters. The van der Waals surface area contributed by atoms with E-state index < -0.39 is 11.9 Å². The van der Waals surface area contributed by atoms with Gasteiger partial charge in [-0.3, -0.25) is 15.0 Å². The molecule has 8 heteroatoms. The molecule has 3 N–H and O–H groups in total. The summed E-state index contributed by atoms with van der Waals surface area (Å²) in [5.41, 5.74) is 4.10. The van der Waals surface area contributed by atoms with Crippen LogP contribution in [0.5, 0.6) is 0 Å². The lowest BCUT2D eigenvalue weighted by atomic mass is 10.1. The molecule has 1 aromatic carbocycles. The Bertz CT molecular complexity index is 830. The summed E-state index contributed by atoms with van der Waals surface area (Å²) in [5.74, 6) is -1.43. The standard InChI is InChI=1S/C13H14N4.C4H4O4/c1-9-10(17-12-3-2-6-15-12)4-5-11-13(9)16-8-7-14-11;5-3(6)1-2-4(7)8/h4-5,7-8H,2-3,6H2,1H3,(H,15,17);1-2H,(H,5,6)(H,7,8)/b;2-1+. The Labute approximate surface area is 144 Å². The largest absolute Gasteiger partial charge is 0.478 e. The highest BCUT2D eigenvalue weighted by Gasteiger charge is 2.10. The number of aliphatic imine (C=N–C) groups is 1. The summed E-state index contributed by atoms with van der Waals surface area (Å²) in [6, 6.07) is 4.04. The van der Waals surface area contributed by atoms with Crippen molar-refractivity contribution >= 4 is 34.5 Å². The molecule has 0 atom stereocenters. The zero-order valence-corrected chi connectivity index (χ0v) is 13.6. The van der Waals surface area contributed by atoms with Crippen LogP contribution in [0.25, 0.3) is 11.0 Å². The van der Waals surface area contributed by atoms with E-state index in [1.54, 1.807) is 12.4 Å². The van der Waals surface area contributed by atoms with E-state index in [-0.39, 0.29) is 0 Å². The number of carboxylic acids is 2. The molecule has 8 nitrogen and oxygen atoms in total. The Morgan fingerprint density at radius 2 is 1.80 bits per heavy atom. The first-order chi connectivity index (χ1) is 12.0. The van der Waals surface area contributed by atoms with Gasteiger partial charge in [0.1, 0.15) is 5.84 Å². The van der Waals surface area contributed by atoms with Crippen LogP contribution >= 0.6 is 0 Å². The SMILES string of the molecule is Cc1c(NC2=NCCC2)ccc2nccnc12.O=C(O)/C=C/C(=O)O. The molecule has 1 aliphatic heterocycles. The number of aliphatic carboxylic acids is 2. The highest BCUT2D eigenvalue weighted by Crippen LogP contribution is 2.23. The van der Waals surface area contributed by atoms with E-state index in [0.29, 0.717) is 12.2 Å². The smallest absolute Gasteiger partial charge is 0.328 e. The summed E-state index contributed by atoms with van der Waals surface area (Å²) in [6.07, 6.45) is 6.75. The van der Waals surface area contributed by atoms with Crippen molar-refractivity contribution in [3.63, 3.8) is 0 Å². The number of hydrogen-bond donors (Lipinski definition) is 3. The predicted octanol–water partition coefficient (Wildman–Crippen LogP) is 2.25. The number of aryl methyl sites for hydroxylation is 1. The topological polar surface area (TPSA) is 125 Å². The summed E-state index contributed by atoms with van der Waals surface area (Å²) >= 11 is 0. The Balaban J connectivity index is 0.000000242. The fourth-order valence-corrected chi connectivity index (χ4v) is 2.25. The molecule has 130 valence electrons. The molecule has 1 aliphatic rings. The van der Waals surface area contributed by atoms with Gasteiger partial charge in [0.05, 0.1) is 11.0 Å². The first-order valence-corrected chi connectivity index (χ1v) is 7.62. The van der Waals surface area contributed by atoms with E-state index in [0.717, 1.165) is 47.5 Å². The summed E-state index contributed by atoms with van der Waals surface area (Å²) in [5, 5.41) is 19.0. The molecule has 3 rings (SSSR count). The summed E-state index contributed by atoms with van der Waals surface area (Å²) in [4.78, 5) is 32.2. The van der Waals surface area contributed by atoms with Crippen molar-refractivity contribution in [2.24, 2.45) is 4.99 Å². The molecule has 0 bridgehead atoms. The number of nitrogens with zero attached hydrogens (tertiary/aromatic N) is 3. The van der Waals surface area contributed by atoms with Crippen molar-refractivity contribution in [2.75, 3.05) is 11.9 Å². The highest BCUT2D eigenvalue weighted by molar-refractivity contribution is 5.99. The minimum absolute atomic E-state index is 0.558. The van der Waals surface area contributed by atoms with Crippen molar-refractivity contribution in [3.05, 3.63) is 42.2 Å². The van der Waals surface area contributed by atoms with Crippen LogP contribution < -0.4 is 5.32 Å². The van der Waals surface area contributed by atoms with Gasteiger partial charge < -0.3 is 15.5 Å². The minimum Gasteiger partial charge on any atom is -0.478 e. The molecule has 0 fully saturated rings. The van der Waals surface area contributed by atoms with Crippen molar-refractivity contribution in [3.8, 4) is 0 Å². The quantitative estimate of drug-likeness (QED) is 0.731. The van der Waals surface area contributed by atoms with Gasteiger partial charge in [-0.05, 0) is 25.5 Å². The normalized spacial score (nSPS) is 13.2. The van der Waals surface area contributed by atoms with Gasteiger partial charge in [-0.15, -0.1) is 0 Å². The van der Waals surface area contributed by atoms with Gasteiger partial charge in [-0.1, -0.05) is 0 Å². The van der Waals surface area contributed by atoms with Crippen LogP contribution in [-0.4, -0.2) is 44.5 Å². The Kier molecular flexibility index (Phi) is 6.16. The molecule has 0 radical (unpaired) electrons. The molecule has 0 spiro atoms. The number of nitrogens with one attached hydrogen (secondary N) is 1. The van der Waals surface area contributed by atoms with Gasteiger partial charge in [-0.25, -0.2) is 9.59 Å². The lowest BCUT2D eigenvalue weighted by Crippen LogP contribution is -2.09. The Morgan fingerprint density at radius 1 is 1.12 bits per heavy atom. The van der Waals surface area contributed by atoms with E-state index in [1.807, 2.05) is 12.1 Å². The van der Waals surface area contributed by atoms with E-state index in [2.05, 4.69) is 27.2 Å². The zero-order chi connectivity index (χ0) is 18.2. The van der Waals surface area contributed by atoms with Crippen LogP contribution in [0.2, 0.25) is 0 Å². The average molecular weight is 342 g/mol. The van der Waals surface area contributed by atoms with E-state index in [4.69, 9.17) is 10.2 Å². The number of amidine groups is 1. The summed E-state index contributed by atoms with van der Waals surface area (Å²) < 4.78 is 0. The third kappa shape index (κ3) is 5.38. The second kappa shape index (κ2) is 8.53. The second-order valence-corrected chi connectivity index (χ2v) is 5.23. The van der Waals surface area contributed by atoms with Crippen LogP contribution in [0.3, 0.4) is 0 Å². The number of hydrogen-bond acceptors (Lipinski definition) is 6. The van der Waals surface area contributed by atoms with Gasteiger partial charge >= 0.3 is 11.9 Å². The van der Waals surface area contributed by atoms with Crippen LogP contribution in [0.1, 0.15) is 18.4 Å². The average Bonchev–Trinajstić information content (AvgIpc) is 3.09. The number of carbonyl (C=O) groups is 2. The molecule has 0 amide bonds. The molecule has 2 aromatic rings. The van der Waals surface area contributed by atoms with Crippen molar-refractivity contribution in [1.82, 2.24) is 9.97 Å². The number of anilines is 1. The van der Waals surface area contributed by atoms with Crippen molar-refractivity contribution < 1.29 is 19.8 Å². The van der Waals surface area contributed by atoms with Crippen LogP contribution in [0.4, 0.5) is 5.69 Å². The molecule has 0 saturated heterocycles. The fourth-order valence-electron chi connectivity index (χ4n) is 2.25. The molecular weight excluding hydrogens is 324 g/mol. The van der Waals surface area contributed by atoms with E-state index >= 15 is 0 Å². The maximum absolute atomic E-state index is 9.55. The molecule has 0 aliphatic carbocycles. The van der Waals surface area contributed by atoms with Crippen LogP contribution in [-0.2, 0) is 9.59 Å². The van der Waals surface area contributed by atoms with Crippen molar-refractivity contribution in [2.45, 2.75) is 19.8 Å². The number of carboxylic acid groups (broad SMARTS) is 2. The van der Waals surface area contributed by atoms with Gasteiger partial charge in [-0.2, -0.15) is 0 Å². The van der Waals surface area contributed by atoms with Crippen molar-refractivity contribution in [1.29, 1.82) is 0 Å². The molecular formula is C17H18N4O4. The van der Waals surface area contributed by atoms with E-state index in [1.165, 1.54) is 0 Å². The maximum atomic E-state index is 9.55. The molecule has 25 heavy (non-hydrogen) atoms. The zero-order valence-electron chi connectivity index (χ0n) is 13.6. The molecule has 0 saturated carbocycles. The third-order valence-corrected chi connectivity index (χ3v) is 3.42. The summed E-state index contributed by atoms with van der Waals surface area (Å²) in [7, 11) is 0. The third-order valence-electron chi connectivity index (χ3n) is 3.42. The lowest BCUT2D eigenvalue weighted by molar-refractivity contribution is -0.134. The number of fused-ring (bicyclic) bond motifs is 1. The van der Waals surface area contributed by atoms with E-state index in [9.17, 15) is 9.59 Å². The van der Waals surface area contributed by atoms with Gasteiger partial charge in [0.25, 0.3) is 0 Å². The predicted molar refractivity (Wildman–Crippen MR) is 93.8 cm³/mol. The monoisotopic (exact) mass is 342 g/mol. The second-order valence-electron chi connectivity index (χ2n) is 5.23. The number of rotatable bonds is 3. The number of aromatic nitrogens is 2. The van der Waals surface area contributed by atoms with Crippen LogP contribution in [0.15, 0.2) is 41.7 Å². The first-order valence-electron chi connectivity index (χ1n) is 7.62. The summed E-state index contributed by atoms with van der Waals surface area (Å²) in [6.45, 7) is 3.00. The first kappa shape index (κ1) is 18.1. The molecule has 1 aromatic heterocycles. The van der Waals surface area contributed by atoms with Gasteiger partial charge in [0, 0.05) is 48.8 Å². The number of benzene rings is 1. The van der Waals surface area contributed by atoms with Gasteiger partial charge in [0.15, 0.2) is 0 Å². The Hall–Kier alpha value is -3.29. The minimum atomic E-state index is -1.26. The Morgan fingerprint density at radius 3 is 2.40 bits per heavy atom. The maximum Gasteiger partial charge on any atom is 0.328 e. The fraction of sp³-hybridized carbons (Fsp3) is 0.235. The van der Waals surface area contributed by atoms with Gasteiger partial charge in [0.2, 0.25) is 0 Å². The lowest BCUT2D eigenvalue weighted by Gasteiger charge is -2.10. The highest BCUT2D eigenvalue weighted by atomic mass is 16.4. The molecule has 2 heterocycles. The van der Waals surface area contributed by atoms with Crippen LogP contribution in [0, 0.1) is 6.92 Å².